The Morgan fingerprint density at radius 2 is 1.91 bits per heavy atom. The van der Waals surface area contributed by atoms with E-state index in [0.29, 0.717) is 11.8 Å². The summed E-state index contributed by atoms with van der Waals surface area (Å²) in [7, 11) is 0. The van der Waals surface area contributed by atoms with Crippen molar-refractivity contribution < 1.29 is 13.9 Å². The highest BCUT2D eigenvalue weighted by Gasteiger charge is 2.23. The maximum absolute atomic E-state index is 12.0. The number of benzene rings is 1. The SMILES string of the molecule is O=C(OCc1nnc(-c2ccc(Br)cc2)o1)C1CCCCC1. The molecule has 1 saturated carbocycles. The third-order valence-corrected chi connectivity index (χ3v) is 4.36. The van der Waals surface area contributed by atoms with Gasteiger partial charge in [-0.2, -0.15) is 0 Å². The minimum Gasteiger partial charge on any atom is -0.455 e. The van der Waals surface area contributed by atoms with Crippen molar-refractivity contribution in [2.24, 2.45) is 5.92 Å². The maximum Gasteiger partial charge on any atom is 0.309 e. The third-order valence-electron chi connectivity index (χ3n) is 3.83. The van der Waals surface area contributed by atoms with E-state index in [9.17, 15) is 4.79 Å². The fourth-order valence-electron chi connectivity index (χ4n) is 2.61. The van der Waals surface area contributed by atoms with Gasteiger partial charge in [-0.15, -0.1) is 10.2 Å². The van der Waals surface area contributed by atoms with Crippen LogP contribution in [-0.4, -0.2) is 16.2 Å². The molecule has 22 heavy (non-hydrogen) atoms. The zero-order valence-corrected chi connectivity index (χ0v) is 13.7. The Hall–Kier alpha value is -1.69. The van der Waals surface area contributed by atoms with Crippen molar-refractivity contribution in [2.45, 2.75) is 38.7 Å². The molecule has 0 aliphatic heterocycles. The molecule has 116 valence electrons. The van der Waals surface area contributed by atoms with E-state index in [2.05, 4.69) is 26.1 Å². The van der Waals surface area contributed by atoms with E-state index >= 15 is 0 Å². The predicted octanol–water partition coefficient (Wildman–Crippen LogP) is 4.12. The number of carbonyl (C=O) groups excluding carboxylic acids is 1. The fraction of sp³-hybridized carbons (Fsp3) is 0.438. The Balaban J connectivity index is 1.57. The minimum absolute atomic E-state index is 0.0302. The van der Waals surface area contributed by atoms with Crippen molar-refractivity contribution in [1.29, 1.82) is 0 Å². The molecule has 5 nitrogen and oxygen atoms in total. The lowest BCUT2D eigenvalue weighted by atomic mass is 9.89. The van der Waals surface area contributed by atoms with Crippen LogP contribution in [0.4, 0.5) is 0 Å². The highest BCUT2D eigenvalue weighted by Crippen LogP contribution is 2.25. The first-order valence-corrected chi connectivity index (χ1v) is 8.26. The standard InChI is InChI=1S/C16H17BrN2O3/c17-13-8-6-11(7-9-13)15-19-18-14(22-15)10-21-16(20)12-4-2-1-3-5-12/h6-9,12H,1-5,10H2. The molecule has 0 radical (unpaired) electrons. The first-order valence-electron chi connectivity index (χ1n) is 7.47. The van der Waals surface area contributed by atoms with Crippen LogP contribution in [-0.2, 0) is 16.1 Å². The molecule has 1 fully saturated rings. The van der Waals surface area contributed by atoms with Crippen molar-refractivity contribution in [3.63, 3.8) is 0 Å². The molecule has 0 spiro atoms. The number of carbonyl (C=O) groups is 1. The summed E-state index contributed by atoms with van der Waals surface area (Å²) in [5.41, 5.74) is 0.834. The zero-order chi connectivity index (χ0) is 15.4. The Bertz CT molecular complexity index is 633. The van der Waals surface area contributed by atoms with Gasteiger partial charge < -0.3 is 9.15 Å². The minimum atomic E-state index is -0.150. The zero-order valence-electron chi connectivity index (χ0n) is 12.1. The lowest BCUT2D eigenvalue weighted by Gasteiger charge is -2.19. The summed E-state index contributed by atoms with van der Waals surface area (Å²) >= 11 is 3.38. The van der Waals surface area contributed by atoms with E-state index in [1.165, 1.54) is 6.42 Å². The van der Waals surface area contributed by atoms with Crippen LogP contribution < -0.4 is 0 Å². The second kappa shape index (κ2) is 7.05. The number of esters is 1. The maximum atomic E-state index is 12.0. The molecule has 1 aliphatic rings. The average Bonchev–Trinajstić information content (AvgIpc) is 3.03. The number of ether oxygens (including phenoxy) is 1. The molecule has 0 saturated heterocycles. The highest BCUT2D eigenvalue weighted by atomic mass is 79.9. The highest BCUT2D eigenvalue weighted by molar-refractivity contribution is 9.10. The van der Waals surface area contributed by atoms with E-state index < -0.39 is 0 Å². The molecule has 0 amide bonds. The number of rotatable bonds is 4. The van der Waals surface area contributed by atoms with Gasteiger partial charge in [-0.05, 0) is 37.1 Å². The normalized spacial score (nSPS) is 15.7. The van der Waals surface area contributed by atoms with Crippen molar-refractivity contribution in [3.8, 4) is 11.5 Å². The van der Waals surface area contributed by atoms with Crippen LogP contribution in [0.5, 0.6) is 0 Å². The predicted molar refractivity (Wildman–Crippen MR) is 83.8 cm³/mol. The summed E-state index contributed by atoms with van der Waals surface area (Å²) in [6.07, 6.45) is 5.27. The number of aromatic nitrogens is 2. The lowest BCUT2D eigenvalue weighted by molar-refractivity contribution is -0.151. The van der Waals surface area contributed by atoms with Gasteiger partial charge >= 0.3 is 5.97 Å². The van der Waals surface area contributed by atoms with Gasteiger partial charge in [0.25, 0.3) is 5.89 Å². The molecule has 0 unspecified atom stereocenters. The van der Waals surface area contributed by atoms with Crippen LogP contribution in [0.1, 0.15) is 38.0 Å². The number of nitrogens with zero attached hydrogens (tertiary/aromatic N) is 2. The largest absolute Gasteiger partial charge is 0.455 e. The van der Waals surface area contributed by atoms with E-state index in [-0.39, 0.29) is 18.5 Å². The average molecular weight is 365 g/mol. The topological polar surface area (TPSA) is 65.2 Å². The molecule has 0 atom stereocenters. The van der Waals surface area contributed by atoms with Crippen molar-refractivity contribution in [3.05, 3.63) is 34.6 Å². The molecule has 3 rings (SSSR count). The number of hydrogen-bond donors (Lipinski definition) is 0. The van der Waals surface area contributed by atoms with E-state index in [0.717, 1.165) is 35.7 Å². The Morgan fingerprint density at radius 1 is 1.18 bits per heavy atom. The van der Waals surface area contributed by atoms with Crippen LogP contribution >= 0.6 is 15.9 Å². The molecule has 1 aromatic heterocycles. The molecular formula is C16H17BrN2O3. The van der Waals surface area contributed by atoms with Crippen molar-refractivity contribution in [2.75, 3.05) is 0 Å². The van der Waals surface area contributed by atoms with Gasteiger partial charge in [0.15, 0.2) is 6.61 Å². The molecule has 6 heteroatoms. The van der Waals surface area contributed by atoms with Gasteiger partial charge in [0.05, 0.1) is 5.92 Å². The third kappa shape index (κ3) is 3.74. The number of halogens is 1. The summed E-state index contributed by atoms with van der Waals surface area (Å²) in [5, 5.41) is 7.91. The van der Waals surface area contributed by atoms with Crippen LogP contribution in [0.2, 0.25) is 0 Å². The monoisotopic (exact) mass is 364 g/mol. The van der Waals surface area contributed by atoms with Gasteiger partial charge in [-0.25, -0.2) is 0 Å². The van der Waals surface area contributed by atoms with Gasteiger partial charge in [0.1, 0.15) is 0 Å². The van der Waals surface area contributed by atoms with Gasteiger partial charge in [-0.3, -0.25) is 4.79 Å². The van der Waals surface area contributed by atoms with E-state index in [1.54, 1.807) is 0 Å². The number of hydrogen-bond acceptors (Lipinski definition) is 5. The second-order valence-electron chi connectivity index (χ2n) is 5.45. The molecule has 1 heterocycles. The Kier molecular flexibility index (Phi) is 4.87. The van der Waals surface area contributed by atoms with Gasteiger partial charge in [-0.1, -0.05) is 35.2 Å². The van der Waals surface area contributed by atoms with Gasteiger partial charge in [0.2, 0.25) is 5.89 Å². The van der Waals surface area contributed by atoms with Crippen LogP contribution in [0, 0.1) is 5.92 Å². The summed E-state index contributed by atoms with van der Waals surface area (Å²) in [5.74, 6) is 0.629. The van der Waals surface area contributed by atoms with Crippen molar-refractivity contribution >= 4 is 21.9 Å². The molecule has 0 bridgehead atoms. The first kappa shape index (κ1) is 15.2. The molecule has 0 N–H and O–H groups in total. The van der Waals surface area contributed by atoms with Crippen molar-refractivity contribution in [1.82, 2.24) is 10.2 Å². The Morgan fingerprint density at radius 3 is 2.64 bits per heavy atom. The molecular weight excluding hydrogens is 348 g/mol. The van der Waals surface area contributed by atoms with E-state index in [4.69, 9.17) is 9.15 Å². The molecule has 2 aromatic rings. The first-order chi connectivity index (χ1) is 10.7. The van der Waals surface area contributed by atoms with Crippen LogP contribution in [0.3, 0.4) is 0 Å². The summed E-state index contributed by atoms with van der Waals surface area (Å²) in [6, 6.07) is 7.58. The lowest BCUT2D eigenvalue weighted by Crippen LogP contribution is -2.20. The fourth-order valence-corrected chi connectivity index (χ4v) is 2.87. The van der Waals surface area contributed by atoms with E-state index in [1.807, 2.05) is 24.3 Å². The second-order valence-corrected chi connectivity index (χ2v) is 6.37. The summed E-state index contributed by atoms with van der Waals surface area (Å²) in [4.78, 5) is 12.0. The van der Waals surface area contributed by atoms with Crippen LogP contribution in [0.15, 0.2) is 33.2 Å². The summed E-state index contributed by atoms with van der Waals surface area (Å²) < 4.78 is 11.8. The molecule has 1 aliphatic carbocycles. The van der Waals surface area contributed by atoms with Crippen LogP contribution in [0.25, 0.3) is 11.5 Å². The quantitative estimate of drug-likeness (QED) is 0.763. The molecule has 1 aromatic carbocycles. The smallest absolute Gasteiger partial charge is 0.309 e. The van der Waals surface area contributed by atoms with Gasteiger partial charge in [0, 0.05) is 10.0 Å². The Labute approximate surface area is 137 Å². The summed E-state index contributed by atoms with van der Waals surface area (Å²) in [6.45, 7) is 0.0405.